The van der Waals surface area contributed by atoms with E-state index < -0.39 is 17.1 Å². The van der Waals surface area contributed by atoms with Crippen molar-refractivity contribution in [3.63, 3.8) is 0 Å². The molecule has 44 heavy (non-hydrogen) atoms. The summed E-state index contributed by atoms with van der Waals surface area (Å²) in [6.07, 6.45) is 7.20. The fourth-order valence-corrected chi connectivity index (χ4v) is 9.33. The number of nitrogens with zero attached hydrogens (tertiary/aromatic N) is 1. The highest BCUT2D eigenvalue weighted by Gasteiger charge is 2.57. The van der Waals surface area contributed by atoms with Gasteiger partial charge >= 0.3 is 0 Å². The zero-order valence-electron chi connectivity index (χ0n) is 25.9. The molecule has 4 atom stereocenters. The van der Waals surface area contributed by atoms with Crippen molar-refractivity contribution in [1.82, 2.24) is 4.90 Å². The van der Waals surface area contributed by atoms with Gasteiger partial charge in [0.15, 0.2) is 0 Å². The number of allylic oxidation sites excluding steroid dienone is 2. The summed E-state index contributed by atoms with van der Waals surface area (Å²) in [5.74, 6) is 0.0922. The molecule has 1 saturated carbocycles. The van der Waals surface area contributed by atoms with Crippen LogP contribution in [0, 0.1) is 5.41 Å². The van der Waals surface area contributed by atoms with Crippen LogP contribution in [0.5, 0.6) is 0 Å². The molecular formula is C39H43NO3S. The topological polar surface area (TPSA) is 60.8 Å². The third kappa shape index (κ3) is 5.38. The minimum atomic E-state index is -0.884. The van der Waals surface area contributed by atoms with Crippen LogP contribution in [0.25, 0.3) is 10.1 Å². The molecule has 4 unspecified atom stereocenters. The van der Waals surface area contributed by atoms with E-state index in [4.69, 9.17) is 0 Å². The van der Waals surface area contributed by atoms with Crippen molar-refractivity contribution >= 4 is 27.2 Å². The maximum absolute atomic E-state index is 14.4. The molecule has 2 bridgehead atoms. The highest BCUT2D eigenvalue weighted by atomic mass is 32.1. The van der Waals surface area contributed by atoms with Crippen molar-refractivity contribution in [1.29, 1.82) is 0 Å². The number of aliphatic hydroxyl groups excluding tert-OH is 1. The molecule has 5 heteroatoms. The number of carbonyl (C=O) groups excluding carboxylic acids is 1. The average molecular weight is 606 g/mol. The number of fused-ring (bicyclic) bond motifs is 10. The molecule has 3 aromatic carbocycles. The van der Waals surface area contributed by atoms with Gasteiger partial charge < -0.3 is 10.2 Å². The Morgan fingerprint density at radius 3 is 2.50 bits per heavy atom. The van der Waals surface area contributed by atoms with E-state index in [0.29, 0.717) is 25.8 Å². The van der Waals surface area contributed by atoms with E-state index in [0.717, 1.165) is 70.4 Å². The normalized spacial score (nSPS) is 27.6. The lowest BCUT2D eigenvalue weighted by Gasteiger charge is -2.45. The first-order valence-corrected chi connectivity index (χ1v) is 17.1. The Kier molecular flexibility index (Phi) is 7.86. The van der Waals surface area contributed by atoms with Crippen molar-refractivity contribution in [3.8, 4) is 0 Å². The van der Waals surface area contributed by atoms with Crippen molar-refractivity contribution in [2.45, 2.75) is 89.5 Å². The van der Waals surface area contributed by atoms with Gasteiger partial charge in [-0.1, -0.05) is 73.2 Å². The quantitative estimate of drug-likeness (QED) is 0.182. The molecule has 2 heterocycles. The number of hydrogen-bond acceptors (Lipinski definition) is 5. The third-order valence-electron chi connectivity index (χ3n) is 11.0. The first kappa shape index (κ1) is 29.6. The molecule has 2 N–H and O–H groups in total. The monoisotopic (exact) mass is 605 g/mol. The van der Waals surface area contributed by atoms with Gasteiger partial charge in [-0.2, -0.15) is 0 Å². The predicted molar refractivity (Wildman–Crippen MR) is 179 cm³/mol. The number of rotatable bonds is 4. The maximum Gasteiger partial charge on any atom is 0.203 e. The fourth-order valence-electron chi connectivity index (χ4n) is 8.31. The standard InChI is InChI=1S/C39H43NO3S/c1-26-8-7-18-38(2)34(17-19-39(38,43)25-40-23-29-10-3-4-11-30(29)24-40)32-16-14-27(20-31(41)15-13-26)21-33(32)37(42)36-22-28-9-5-6-12-35(28)44-36/h3-6,8-12,14,16,21-22,31,34,41,43H,7,13,15,17-20,23-25H2,1-2H3. The summed E-state index contributed by atoms with van der Waals surface area (Å²) in [7, 11) is 0. The molecular weight excluding hydrogens is 563 g/mol. The molecule has 228 valence electrons. The summed E-state index contributed by atoms with van der Waals surface area (Å²) >= 11 is 1.55. The van der Waals surface area contributed by atoms with Gasteiger partial charge in [-0.3, -0.25) is 9.69 Å². The van der Waals surface area contributed by atoms with Crippen LogP contribution in [0.3, 0.4) is 0 Å². The lowest BCUT2D eigenvalue weighted by molar-refractivity contribution is -0.0845. The molecule has 1 fully saturated rings. The largest absolute Gasteiger partial charge is 0.393 e. The Labute approximate surface area is 265 Å². The average Bonchev–Trinajstić information content (AvgIpc) is 3.69. The van der Waals surface area contributed by atoms with Gasteiger partial charge in [0.05, 0.1) is 16.6 Å². The highest BCUT2D eigenvalue weighted by molar-refractivity contribution is 7.21. The minimum Gasteiger partial charge on any atom is -0.393 e. The summed E-state index contributed by atoms with van der Waals surface area (Å²) in [5.41, 5.74) is 5.49. The fraction of sp³-hybridized carbons (Fsp3) is 0.410. The third-order valence-corrected chi connectivity index (χ3v) is 12.1. The molecule has 1 aromatic heterocycles. The maximum atomic E-state index is 14.4. The van der Waals surface area contributed by atoms with Crippen molar-refractivity contribution < 1.29 is 15.0 Å². The Balaban J connectivity index is 1.30. The van der Waals surface area contributed by atoms with E-state index in [1.54, 1.807) is 11.3 Å². The van der Waals surface area contributed by atoms with Crippen LogP contribution >= 0.6 is 11.3 Å². The van der Waals surface area contributed by atoms with Crippen LogP contribution in [0.2, 0.25) is 0 Å². The van der Waals surface area contributed by atoms with Crippen LogP contribution in [-0.2, 0) is 19.5 Å². The molecule has 4 aliphatic rings. The Bertz CT molecular complexity index is 1680. The van der Waals surface area contributed by atoms with Crippen molar-refractivity contribution in [3.05, 3.63) is 117 Å². The summed E-state index contributed by atoms with van der Waals surface area (Å²) < 4.78 is 1.11. The smallest absolute Gasteiger partial charge is 0.203 e. The summed E-state index contributed by atoms with van der Waals surface area (Å²) in [4.78, 5) is 17.6. The SMILES string of the molecule is CC1=CCCC2(C)C(CCC2(O)CN2Cc3ccccc3C2)c2ccc(cc2C(=O)c2cc3ccccc3s2)CC(O)CC1. The van der Waals surface area contributed by atoms with E-state index in [9.17, 15) is 15.0 Å². The number of β-amino-alcohol motifs (C(OH)–C–C–N with tert-alkyl or cyclic N) is 1. The van der Waals surface area contributed by atoms with E-state index in [2.05, 4.69) is 79.4 Å². The number of benzene rings is 3. The van der Waals surface area contributed by atoms with Crippen LogP contribution in [-0.4, -0.2) is 39.1 Å². The predicted octanol–water partition coefficient (Wildman–Crippen LogP) is 8.19. The van der Waals surface area contributed by atoms with Crippen LogP contribution in [0.15, 0.2) is 84.4 Å². The van der Waals surface area contributed by atoms with Gasteiger partial charge in [0.25, 0.3) is 0 Å². The minimum absolute atomic E-state index is 0.0430. The summed E-state index contributed by atoms with van der Waals surface area (Å²) in [5, 5.41) is 24.7. The van der Waals surface area contributed by atoms with E-state index in [1.165, 1.54) is 16.7 Å². The number of hydrogen-bond donors (Lipinski definition) is 2. The number of ketones is 1. The zero-order valence-corrected chi connectivity index (χ0v) is 26.7. The van der Waals surface area contributed by atoms with Gasteiger partial charge in [0.2, 0.25) is 5.78 Å². The lowest BCUT2D eigenvalue weighted by atomic mass is 9.64. The van der Waals surface area contributed by atoms with Gasteiger partial charge in [-0.15, -0.1) is 11.3 Å². The van der Waals surface area contributed by atoms with Crippen LogP contribution in [0.1, 0.15) is 95.8 Å². The van der Waals surface area contributed by atoms with Gasteiger partial charge in [-0.25, -0.2) is 0 Å². The Morgan fingerprint density at radius 2 is 1.73 bits per heavy atom. The second kappa shape index (κ2) is 11.7. The molecule has 4 nitrogen and oxygen atoms in total. The summed E-state index contributed by atoms with van der Waals surface area (Å²) in [6, 6.07) is 25.1. The van der Waals surface area contributed by atoms with E-state index in [1.807, 2.05) is 18.2 Å². The van der Waals surface area contributed by atoms with Crippen molar-refractivity contribution in [2.24, 2.45) is 5.41 Å². The number of carbonyl (C=O) groups is 1. The van der Waals surface area contributed by atoms with Crippen molar-refractivity contribution in [2.75, 3.05) is 6.54 Å². The van der Waals surface area contributed by atoms with E-state index in [-0.39, 0.29) is 11.7 Å². The van der Waals surface area contributed by atoms with Gasteiger partial charge in [0, 0.05) is 35.3 Å². The zero-order chi connectivity index (χ0) is 30.5. The molecule has 0 radical (unpaired) electrons. The molecule has 0 amide bonds. The Hall–Kier alpha value is -3.09. The first-order chi connectivity index (χ1) is 21.2. The number of aliphatic hydroxyl groups is 2. The molecule has 8 rings (SSSR count). The summed E-state index contributed by atoms with van der Waals surface area (Å²) in [6.45, 7) is 6.81. The van der Waals surface area contributed by atoms with Crippen LogP contribution < -0.4 is 0 Å². The second-order valence-corrected chi connectivity index (χ2v) is 14.9. The van der Waals surface area contributed by atoms with E-state index >= 15 is 0 Å². The molecule has 3 aliphatic carbocycles. The highest BCUT2D eigenvalue weighted by Crippen LogP contribution is 2.59. The second-order valence-electron chi connectivity index (χ2n) is 13.8. The van der Waals surface area contributed by atoms with Crippen LogP contribution in [0.4, 0.5) is 0 Å². The molecule has 1 aliphatic heterocycles. The van der Waals surface area contributed by atoms with Gasteiger partial charge in [0.1, 0.15) is 0 Å². The number of thiophene rings is 1. The Morgan fingerprint density at radius 1 is 0.977 bits per heavy atom. The van der Waals surface area contributed by atoms with Gasteiger partial charge in [-0.05, 0) is 104 Å². The molecule has 0 saturated heterocycles. The lowest BCUT2D eigenvalue weighted by Crippen LogP contribution is -2.51. The molecule has 0 spiro atoms. The molecule has 4 aromatic rings. The first-order valence-electron chi connectivity index (χ1n) is 16.2.